The van der Waals surface area contributed by atoms with Crippen LogP contribution in [0.2, 0.25) is 0 Å². The van der Waals surface area contributed by atoms with Crippen LogP contribution in [0.25, 0.3) is 11.1 Å². The highest BCUT2D eigenvalue weighted by molar-refractivity contribution is 5.79. The molecule has 0 N–H and O–H groups in total. The van der Waals surface area contributed by atoms with Gasteiger partial charge in [0.15, 0.2) is 5.58 Å². The molecule has 124 valence electrons. The SMILES string of the molecule is CCCCN(C)C(=O)C1CCN(c2nc3ccccc3o2)CC1. The van der Waals surface area contributed by atoms with Crippen molar-refractivity contribution in [3.8, 4) is 0 Å². The van der Waals surface area contributed by atoms with Gasteiger partial charge in [0.05, 0.1) is 0 Å². The molecule has 3 rings (SSSR count). The summed E-state index contributed by atoms with van der Waals surface area (Å²) in [4.78, 5) is 21.0. The fraction of sp³-hybridized carbons (Fsp3) is 0.556. The molecule has 5 heteroatoms. The second-order valence-corrected chi connectivity index (χ2v) is 6.34. The average Bonchev–Trinajstić information content (AvgIpc) is 3.03. The lowest BCUT2D eigenvalue weighted by atomic mass is 9.95. The van der Waals surface area contributed by atoms with Crippen molar-refractivity contribution >= 4 is 23.0 Å². The molecule has 1 aromatic carbocycles. The molecule has 5 nitrogen and oxygen atoms in total. The van der Waals surface area contributed by atoms with E-state index in [1.165, 1.54) is 0 Å². The number of fused-ring (bicyclic) bond motifs is 1. The first-order chi connectivity index (χ1) is 11.2. The molecule has 2 aromatic rings. The molecule has 1 aliphatic rings. The maximum absolute atomic E-state index is 12.5. The van der Waals surface area contributed by atoms with Gasteiger partial charge in [-0.15, -0.1) is 0 Å². The summed E-state index contributed by atoms with van der Waals surface area (Å²) in [6.07, 6.45) is 3.93. The Labute approximate surface area is 137 Å². The second kappa shape index (κ2) is 7.02. The van der Waals surface area contributed by atoms with Gasteiger partial charge in [-0.05, 0) is 31.4 Å². The highest BCUT2D eigenvalue weighted by atomic mass is 16.4. The van der Waals surface area contributed by atoms with Gasteiger partial charge in [0, 0.05) is 32.6 Å². The van der Waals surface area contributed by atoms with Gasteiger partial charge in [-0.1, -0.05) is 25.5 Å². The molecule has 1 saturated heterocycles. The van der Waals surface area contributed by atoms with Crippen molar-refractivity contribution in [1.82, 2.24) is 9.88 Å². The van der Waals surface area contributed by atoms with E-state index in [9.17, 15) is 4.79 Å². The number of oxazole rings is 1. The fourth-order valence-corrected chi connectivity index (χ4v) is 3.13. The normalized spacial score (nSPS) is 16.0. The zero-order chi connectivity index (χ0) is 16.2. The molecule has 0 unspecified atom stereocenters. The first kappa shape index (κ1) is 15.8. The van der Waals surface area contributed by atoms with E-state index in [1.807, 2.05) is 36.2 Å². The second-order valence-electron chi connectivity index (χ2n) is 6.34. The van der Waals surface area contributed by atoms with E-state index in [1.54, 1.807) is 0 Å². The first-order valence-corrected chi connectivity index (χ1v) is 8.54. The van der Waals surface area contributed by atoms with Crippen LogP contribution in [-0.2, 0) is 4.79 Å². The number of unbranched alkanes of at least 4 members (excludes halogenated alkanes) is 1. The summed E-state index contributed by atoms with van der Waals surface area (Å²) in [7, 11) is 1.92. The summed E-state index contributed by atoms with van der Waals surface area (Å²) in [5.74, 6) is 0.424. The number of piperidine rings is 1. The molecule has 0 aliphatic carbocycles. The van der Waals surface area contributed by atoms with Crippen LogP contribution in [0.1, 0.15) is 32.6 Å². The lowest BCUT2D eigenvalue weighted by Gasteiger charge is -2.32. The largest absolute Gasteiger partial charge is 0.423 e. The van der Waals surface area contributed by atoms with Crippen molar-refractivity contribution in [3.05, 3.63) is 24.3 Å². The third-order valence-electron chi connectivity index (χ3n) is 4.62. The Hall–Kier alpha value is -2.04. The van der Waals surface area contributed by atoms with Crippen molar-refractivity contribution in [1.29, 1.82) is 0 Å². The van der Waals surface area contributed by atoms with E-state index >= 15 is 0 Å². The molecule has 23 heavy (non-hydrogen) atoms. The number of aromatic nitrogens is 1. The Balaban J connectivity index is 1.58. The standard InChI is InChI=1S/C18H25N3O2/c1-3-4-11-20(2)17(22)14-9-12-21(13-10-14)18-19-15-7-5-6-8-16(15)23-18/h5-8,14H,3-4,9-13H2,1-2H3. The minimum Gasteiger partial charge on any atom is -0.423 e. The van der Waals surface area contributed by atoms with Crippen LogP contribution in [0.5, 0.6) is 0 Å². The van der Waals surface area contributed by atoms with E-state index < -0.39 is 0 Å². The summed E-state index contributed by atoms with van der Waals surface area (Å²) in [6, 6.07) is 8.49. The van der Waals surface area contributed by atoms with Crippen molar-refractivity contribution in [3.63, 3.8) is 0 Å². The predicted molar refractivity (Wildman–Crippen MR) is 91.5 cm³/mol. The summed E-state index contributed by atoms with van der Waals surface area (Å²) in [5.41, 5.74) is 1.71. The minimum atomic E-state index is 0.137. The summed E-state index contributed by atoms with van der Waals surface area (Å²) in [6.45, 7) is 4.66. The van der Waals surface area contributed by atoms with Crippen LogP contribution in [0.4, 0.5) is 6.01 Å². The fourth-order valence-electron chi connectivity index (χ4n) is 3.13. The first-order valence-electron chi connectivity index (χ1n) is 8.54. The molecule has 0 spiro atoms. The van der Waals surface area contributed by atoms with Crippen molar-refractivity contribution in [2.75, 3.05) is 31.6 Å². The summed E-state index contributed by atoms with van der Waals surface area (Å²) < 4.78 is 5.82. The zero-order valence-corrected chi connectivity index (χ0v) is 14.0. The molecule has 1 aromatic heterocycles. The number of para-hydroxylation sites is 2. The number of benzene rings is 1. The molecular formula is C18H25N3O2. The van der Waals surface area contributed by atoms with Crippen LogP contribution in [-0.4, -0.2) is 42.5 Å². The highest BCUT2D eigenvalue weighted by Gasteiger charge is 2.28. The maximum atomic E-state index is 12.5. The van der Waals surface area contributed by atoms with Crippen LogP contribution in [0.15, 0.2) is 28.7 Å². The Morgan fingerprint density at radius 1 is 1.35 bits per heavy atom. The molecule has 0 saturated carbocycles. The molecular weight excluding hydrogens is 290 g/mol. The van der Waals surface area contributed by atoms with Crippen molar-refractivity contribution < 1.29 is 9.21 Å². The van der Waals surface area contributed by atoms with E-state index in [4.69, 9.17) is 4.42 Å². The van der Waals surface area contributed by atoms with Gasteiger partial charge < -0.3 is 14.2 Å². The summed E-state index contributed by atoms with van der Waals surface area (Å²) >= 11 is 0. The predicted octanol–water partition coefficient (Wildman–Crippen LogP) is 3.30. The van der Waals surface area contributed by atoms with Gasteiger partial charge in [-0.2, -0.15) is 4.98 Å². The number of hydrogen-bond donors (Lipinski definition) is 0. The topological polar surface area (TPSA) is 49.6 Å². The number of hydrogen-bond acceptors (Lipinski definition) is 4. The Kier molecular flexibility index (Phi) is 4.84. The molecule has 1 fully saturated rings. The van der Waals surface area contributed by atoms with Gasteiger partial charge >= 0.3 is 0 Å². The third-order valence-corrected chi connectivity index (χ3v) is 4.62. The number of amides is 1. The average molecular weight is 315 g/mol. The van der Waals surface area contributed by atoms with Crippen LogP contribution < -0.4 is 4.90 Å². The smallest absolute Gasteiger partial charge is 0.298 e. The highest BCUT2D eigenvalue weighted by Crippen LogP contribution is 2.27. The molecule has 0 radical (unpaired) electrons. The Morgan fingerprint density at radius 2 is 2.09 bits per heavy atom. The van der Waals surface area contributed by atoms with Gasteiger partial charge in [-0.25, -0.2) is 0 Å². The molecule has 2 heterocycles. The quantitative estimate of drug-likeness (QED) is 0.849. The summed E-state index contributed by atoms with van der Waals surface area (Å²) in [5, 5.41) is 0. The number of anilines is 1. The number of rotatable bonds is 5. The monoisotopic (exact) mass is 315 g/mol. The van der Waals surface area contributed by atoms with E-state index in [0.717, 1.165) is 56.4 Å². The van der Waals surface area contributed by atoms with E-state index in [-0.39, 0.29) is 11.8 Å². The number of carbonyl (C=O) groups is 1. The van der Waals surface area contributed by atoms with Gasteiger partial charge in [0.2, 0.25) is 5.91 Å². The zero-order valence-electron chi connectivity index (χ0n) is 14.0. The van der Waals surface area contributed by atoms with Gasteiger partial charge in [0.1, 0.15) is 5.52 Å². The van der Waals surface area contributed by atoms with Crippen LogP contribution in [0.3, 0.4) is 0 Å². The van der Waals surface area contributed by atoms with E-state index in [2.05, 4.69) is 16.8 Å². The van der Waals surface area contributed by atoms with Crippen LogP contribution >= 0.6 is 0 Å². The van der Waals surface area contributed by atoms with Gasteiger partial charge in [0.25, 0.3) is 6.01 Å². The van der Waals surface area contributed by atoms with Crippen molar-refractivity contribution in [2.45, 2.75) is 32.6 Å². The molecule has 0 bridgehead atoms. The Morgan fingerprint density at radius 3 is 2.78 bits per heavy atom. The Bertz CT molecular complexity index is 626. The van der Waals surface area contributed by atoms with Crippen molar-refractivity contribution in [2.24, 2.45) is 5.92 Å². The number of carbonyl (C=O) groups excluding carboxylic acids is 1. The number of nitrogens with zero attached hydrogens (tertiary/aromatic N) is 3. The third kappa shape index (κ3) is 3.49. The molecule has 1 aliphatic heterocycles. The minimum absolute atomic E-state index is 0.137. The van der Waals surface area contributed by atoms with E-state index in [0.29, 0.717) is 6.01 Å². The van der Waals surface area contributed by atoms with Gasteiger partial charge in [-0.3, -0.25) is 4.79 Å². The maximum Gasteiger partial charge on any atom is 0.298 e. The van der Waals surface area contributed by atoms with Crippen LogP contribution in [0, 0.1) is 5.92 Å². The lowest BCUT2D eigenvalue weighted by Crippen LogP contribution is -2.41. The lowest BCUT2D eigenvalue weighted by molar-refractivity contribution is -0.134. The molecule has 0 atom stereocenters. The molecule has 1 amide bonds.